The second kappa shape index (κ2) is 7.54. The van der Waals surface area contributed by atoms with Gasteiger partial charge in [0.25, 0.3) is 5.56 Å². The average Bonchev–Trinajstić information content (AvgIpc) is 3.15. The fourth-order valence-corrected chi connectivity index (χ4v) is 4.17. The summed E-state index contributed by atoms with van der Waals surface area (Å²) in [4.78, 5) is 31.5. The van der Waals surface area contributed by atoms with E-state index in [9.17, 15) is 19.1 Å². The zero-order valence-electron chi connectivity index (χ0n) is 16.9. The van der Waals surface area contributed by atoms with Crippen LogP contribution in [0.1, 0.15) is 19.3 Å². The van der Waals surface area contributed by atoms with Crippen LogP contribution in [0.4, 0.5) is 4.39 Å². The van der Waals surface area contributed by atoms with Crippen molar-refractivity contribution in [3.8, 4) is 5.69 Å². The van der Waals surface area contributed by atoms with Gasteiger partial charge in [-0.2, -0.15) is 5.10 Å². The number of rotatable bonds is 4. The number of hydrogen-bond acceptors (Lipinski definition) is 6. The van der Waals surface area contributed by atoms with Crippen LogP contribution in [0.5, 0.6) is 0 Å². The van der Waals surface area contributed by atoms with E-state index in [2.05, 4.69) is 15.4 Å². The van der Waals surface area contributed by atoms with Gasteiger partial charge in [0, 0.05) is 13.1 Å². The van der Waals surface area contributed by atoms with E-state index in [0.717, 1.165) is 13.0 Å². The minimum absolute atomic E-state index is 0.0850. The number of benzene rings is 1. The van der Waals surface area contributed by atoms with Gasteiger partial charge in [0.2, 0.25) is 5.91 Å². The van der Waals surface area contributed by atoms with E-state index in [4.69, 9.17) is 0 Å². The third-order valence-corrected chi connectivity index (χ3v) is 6.22. The molecule has 1 unspecified atom stereocenters. The van der Waals surface area contributed by atoms with E-state index in [1.807, 2.05) is 0 Å². The zero-order valence-corrected chi connectivity index (χ0v) is 16.9. The molecular weight excluding hydrogens is 403 g/mol. The van der Waals surface area contributed by atoms with E-state index >= 15 is 0 Å². The monoisotopic (exact) mass is 426 g/mol. The molecule has 1 atom stereocenters. The number of carbonyl (C=O) groups excluding carboxylic acids is 1. The number of aromatic nitrogens is 4. The number of halogens is 1. The van der Waals surface area contributed by atoms with Gasteiger partial charge in [0.1, 0.15) is 17.5 Å². The summed E-state index contributed by atoms with van der Waals surface area (Å²) in [5, 5.41) is 18.7. The Hall–Kier alpha value is -3.11. The first-order valence-corrected chi connectivity index (χ1v) is 10.4. The highest BCUT2D eigenvalue weighted by atomic mass is 19.1. The number of carbonyl (C=O) groups is 1. The summed E-state index contributed by atoms with van der Waals surface area (Å²) < 4.78 is 16.1. The number of hydrogen-bond donors (Lipinski definition) is 2. The fourth-order valence-electron chi connectivity index (χ4n) is 4.17. The van der Waals surface area contributed by atoms with Crippen molar-refractivity contribution in [3.63, 3.8) is 0 Å². The summed E-state index contributed by atoms with van der Waals surface area (Å²) in [5.74, 6) is -0.276. The van der Waals surface area contributed by atoms with Crippen molar-refractivity contribution in [3.05, 3.63) is 53.0 Å². The third-order valence-electron chi connectivity index (χ3n) is 6.22. The molecule has 0 saturated carbocycles. The average molecular weight is 426 g/mol. The molecule has 0 bridgehead atoms. The first-order chi connectivity index (χ1) is 14.9. The molecule has 2 fully saturated rings. The van der Waals surface area contributed by atoms with Gasteiger partial charge >= 0.3 is 0 Å². The Balaban J connectivity index is 1.34. The van der Waals surface area contributed by atoms with Crippen LogP contribution in [0.25, 0.3) is 16.7 Å². The number of fused-ring (bicyclic) bond motifs is 1. The van der Waals surface area contributed by atoms with Crippen LogP contribution in [-0.2, 0) is 11.3 Å². The fraction of sp³-hybridized carbons (Fsp3) is 0.429. The Kier molecular flexibility index (Phi) is 4.82. The maximum Gasteiger partial charge on any atom is 0.264 e. The molecule has 0 aliphatic carbocycles. The number of nitrogens with one attached hydrogen (secondary N) is 1. The van der Waals surface area contributed by atoms with Crippen molar-refractivity contribution in [2.45, 2.75) is 37.5 Å². The summed E-state index contributed by atoms with van der Waals surface area (Å²) in [6.07, 6.45) is 4.48. The molecule has 2 aliphatic heterocycles. The minimum Gasteiger partial charge on any atom is -0.388 e. The van der Waals surface area contributed by atoms with Crippen molar-refractivity contribution in [1.29, 1.82) is 0 Å². The van der Waals surface area contributed by atoms with Gasteiger partial charge in [-0.3, -0.25) is 14.2 Å². The molecule has 0 spiro atoms. The summed E-state index contributed by atoms with van der Waals surface area (Å²) in [5.41, 5.74) is -0.425. The zero-order chi connectivity index (χ0) is 21.6. The lowest BCUT2D eigenvalue weighted by Crippen LogP contribution is -2.58. The van der Waals surface area contributed by atoms with E-state index in [1.54, 1.807) is 17.0 Å². The van der Waals surface area contributed by atoms with E-state index in [1.165, 1.54) is 33.9 Å². The highest BCUT2D eigenvalue weighted by molar-refractivity contribution is 5.82. The number of nitrogens with zero attached hydrogens (tertiary/aromatic N) is 5. The Morgan fingerprint density at radius 1 is 1.26 bits per heavy atom. The van der Waals surface area contributed by atoms with Gasteiger partial charge in [-0.05, 0) is 50.1 Å². The van der Waals surface area contributed by atoms with Crippen molar-refractivity contribution < 1.29 is 14.3 Å². The van der Waals surface area contributed by atoms with Crippen LogP contribution in [0, 0.1) is 5.82 Å². The van der Waals surface area contributed by atoms with Crippen LogP contribution in [-0.4, -0.2) is 66.5 Å². The van der Waals surface area contributed by atoms with E-state index in [-0.39, 0.29) is 29.9 Å². The summed E-state index contributed by atoms with van der Waals surface area (Å²) in [6.45, 7) is 1.88. The Morgan fingerprint density at radius 2 is 1.97 bits per heavy atom. The molecule has 162 valence electrons. The van der Waals surface area contributed by atoms with Crippen molar-refractivity contribution in [2.24, 2.45) is 0 Å². The van der Waals surface area contributed by atoms with Crippen LogP contribution in [0.2, 0.25) is 0 Å². The molecule has 2 aliphatic rings. The Morgan fingerprint density at radius 3 is 2.61 bits per heavy atom. The second-order valence-electron chi connectivity index (χ2n) is 8.29. The summed E-state index contributed by atoms with van der Waals surface area (Å²) >= 11 is 0. The van der Waals surface area contributed by atoms with Crippen LogP contribution >= 0.6 is 0 Å². The quantitative estimate of drug-likeness (QED) is 0.627. The first-order valence-electron chi connectivity index (χ1n) is 10.4. The molecule has 2 N–H and O–H groups in total. The highest BCUT2D eigenvalue weighted by Gasteiger charge is 2.37. The molecule has 5 rings (SSSR count). The molecule has 0 radical (unpaired) electrons. The third kappa shape index (κ3) is 3.61. The Bertz CT molecular complexity index is 1180. The maximum atomic E-state index is 13.2. The van der Waals surface area contributed by atoms with Crippen LogP contribution in [0.3, 0.4) is 0 Å². The topological polar surface area (TPSA) is 105 Å². The molecule has 1 aromatic carbocycles. The predicted molar refractivity (Wildman–Crippen MR) is 110 cm³/mol. The Labute approximate surface area is 177 Å². The number of aliphatic hydroxyl groups is 1. The smallest absolute Gasteiger partial charge is 0.264 e. The van der Waals surface area contributed by atoms with Crippen LogP contribution < -0.4 is 10.9 Å². The molecule has 9 nitrogen and oxygen atoms in total. The molecule has 3 aromatic rings. The first kappa shape index (κ1) is 19.8. The molecule has 4 heterocycles. The number of likely N-dealkylation sites (tertiary alicyclic amines) is 1. The van der Waals surface area contributed by atoms with Crippen LogP contribution in [0.15, 0.2) is 41.6 Å². The molecule has 2 aromatic heterocycles. The molecule has 10 heteroatoms. The van der Waals surface area contributed by atoms with Gasteiger partial charge in [0.05, 0.1) is 30.1 Å². The lowest BCUT2D eigenvalue weighted by Gasteiger charge is -2.41. The van der Waals surface area contributed by atoms with Gasteiger partial charge in [0.15, 0.2) is 5.65 Å². The summed E-state index contributed by atoms with van der Waals surface area (Å²) in [6, 6.07) is 5.66. The number of amides is 1. The van der Waals surface area contributed by atoms with Gasteiger partial charge in [-0.1, -0.05) is 0 Å². The molecule has 2 saturated heterocycles. The lowest BCUT2D eigenvalue weighted by molar-refractivity contribution is -0.139. The SMILES string of the molecule is O=C(C1CCN1)N1CCC(O)(Cn2cnc3c(cnn3-c3ccc(F)cc3)c2=O)CC1. The molecule has 31 heavy (non-hydrogen) atoms. The van der Waals surface area contributed by atoms with Crippen molar-refractivity contribution in [1.82, 2.24) is 29.5 Å². The van der Waals surface area contributed by atoms with Gasteiger partial charge in [-0.25, -0.2) is 14.1 Å². The van der Waals surface area contributed by atoms with E-state index in [0.29, 0.717) is 42.7 Å². The normalized spacial score (nSPS) is 20.6. The lowest BCUT2D eigenvalue weighted by atomic mass is 9.90. The highest BCUT2D eigenvalue weighted by Crippen LogP contribution is 2.25. The minimum atomic E-state index is -1.09. The second-order valence-corrected chi connectivity index (χ2v) is 8.29. The van der Waals surface area contributed by atoms with Crippen molar-refractivity contribution >= 4 is 16.9 Å². The van der Waals surface area contributed by atoms with Gasteiger partial charge < -0.3 is 15.3 Å². The predicted octanol–water partition coefficient (Wildman–Crippen LogP) is 0.437. The van der Waals surface area contributed by atoms with E-state index < -0.39 is 5.60 Å². The number of piperidine rings is 1. The van der Waals surface area contributed by atoms with Crippen molar-refractivity contribution in [2.75, 3.05) is 19.6 Å². The largest absolute Gasteiger partial charge is 0.388 e. The molecule has 1 amide bonds. The molecular formula is C21H23FN6O3. The maximum absolute atomic E-state index is 13.2. The standard InChI is InChI=1S/C21H23FN6O3/c22-14-1-3-15(4-2-14)28-18-16(11-25-28)19(29)27(13-24-18)12-21(31)6-9-26(10-7-21)20(30)17-5-8-23-17/h1-4,11,13,17,23,31H,5-10,12H2. The van der Waals surface area contributed by atoms with Gasteiger partial charge in [-0.15, -0.1) is 0 Å². The summed E-state index contributed by atoms with van der Waals surface area (Å²) in [7, 11) is 0.